The smallest absolute Gasteiger partial charge is 0.129 e. The Morgan fingerprint density at radius 2 is 1.69 bits per heavy atom. The molecule has 0 amide bonds. The molecule has 2 heteroatoms. The van der Waals surface area contributed by atoms with E-state index in [0.29, 0.717) is 11.7 Å². The number of carbonyl (C=O) groups excluding carboxylic acids is 1. The van der Waals surface area contributed by atoms with Crippen molar-refractivity contribution in [2.75, 3.05) is 6.54 Å². The first-order valence-electron chi connectivity index (χ1n) is 15.5. The third-order valence-corrected chi connectivity index (χ3v) is 9.72. The van der Waals surface area contributed by atoms with Crippen LogP contribution < -0.4 is 5.32 Å². The molecule has 2 nitrogen and oxygen atoms in total. The fourth-order valence-electron chi connectivity index (χ4n) is 7.29. The highest BCUT2D eigenvalue weighted by Crippen LogP contribution is 2.60. The Labute approximate surface area is 240 Å². The zero-order chi connectivity index (χ0) is 28.8. The van der Waals surface area contributed by atoms with Gasteiger partial charge in [0, 0.05) is 29.7 Å². The van der Waals surface area contributed by atoms with Crippen LogP contribution in [0.5, 0.6) is 0 Å². The summed E-state index contributed by atoms with van der Waals surface area (Å²) in [5.41, 5.74) is 10.9. The number of aryl methyl sites for hydroxylation is 1. The minimum Gasteiger partial charge on any atom is -0.385 e. The largest absolute Gasteiger partial charge is 0.385 e. The van der Waals surface area contributed by atoms with Crippen molar-refractivity contribution >= 4 is 5.78 Å². The Bertz CT molecular complexity index is 1120. The molecule has 0 radical (unpaired) electrons. The van der Waals surface area contributed by atoms with Crippen LogP contribution in [-0.4, -0.2) is 12.3 Å². The van der Waals surface area contributed by atoms with Gasteiger partial charge in [-0.2, -0.15) is 0 Å². The van der Waals surface area contributed by atoms with Gasteiger partial charge in [-0.1, -0.05) is 84.4 Å². The zero-order valence-electron chi connectivity index (χ0n) is 26.0. The van der Waals surface area contributed by atoms with E-state index < -0.39 is 0 Å². The van der Waals surface area contributed by atoms with E-state index in [1.165, 1.54) is 77.5 Å². The van der Waals surface area contributed by atoms with E-state index in [4.69, 9.17) is 6.58 Å². The Morgan fingerprint density at radius 1 is 1.05 bits per heavy atom. The van der Waals surface area contributed by atoms with Crippen LogP contribution in [0.3, 0.4) is 0 Å². The predicted molar refractivity (Wildman–Crippen MR) is 169 cm³/mol. The summed E-state index contributed by atoms with van der Waals surface area (Å²) in [4.78, 5) is 11.2. The highest BCUT2D eigenvalue weighted by molar-refractivity contribution is 5.75. The lowest BCUT2D eigenvalue weighted by molar-refractivity contribution is -0.117. The molecule has 2 aliphatic rings. The van der Waals surface area contributed by atoms with Crippen LogP contribution in [-0.2, 0) is 17.6 Å². The van der Waals surface area contributed by atoms with Crippen molar-refractivity contribution in [3.8, 4) is 0 Å². The molecule has 0 heterocycles. The van der Waals surface area contributed by atoms with Crippen molar-refractivity contribution in [3.63, 3.8) is 0 Å². The van der Waals surface area contributed by atoms with Crippen molar-refractivity contribution in [2.24, 2.45) is 16.7 Å². The maximum absolute atomic E-state index is 11.2. The van der Waals surface area contributed by atoms with E-state index in [-0.39, 0.29) is 10.8 Å². The molecule has 0 aliphatic heterocycles. The number of rotatable bonds is 14. The highest BCUT2D eigenvalue weighted by Gasteiger charge is 2.49. The second-order valence-electron chi connectivity index (χ2n) is 13.4. The molecule has 1 fully saturated rings. The summed E-state index contributed by atoms with van der Waals surface area (Å²) in [6.07, 6.45) is 15.6. The normalized spacial score (nSPS) is 23.1. The average molecular weight is 530 g/mol. The molecule has 0 aromatic heterocycles. The van der Waals surface area contributed by atoms with Crippen LogP contribution in [0.15, 0.2) is 60.4 Å². The zero-order valence-corrected chi connectivity index (χ0v) is 26.0. The minimum absolute atomic E-state index is 0.0466. The van der Waals surface area contributed by atoms with Gasteiger partial charge >= 0.3 is 0 Å². The topological polar surface area (TPSA) is 29.1 Å². The van der Waals surface area contributed by atoms with E-state index in [1.807, 2.05) is 0 Å². The molecule has 1 aromatic rings. The summed E-state index contributed by atoms with van der Waals surface area (Å²) in [6, 6.07) is 4.80. The SMILES string of the molecule is C=CC1=C(C(=C)NCC(C)C)C(=C)C2(Cc3ccc(CCCCCCC(C)=O)c(C)c3C)CCCC[C@@]1(C)C2. The molecule has 0 saturated heterocycles. The van der Waals surface area contributed by atoms with Crippen LogP contribution in [0.25, 0.3) is 0 Å². The Hall–Kier alpha value is -2.35. The number of benzene rings is 1. The standard InChI is InChI=1S/C37H55NO/c1-10-34-35(31(8)38-24-26(2)3)30(7)37(22-16-15-21-36(34,9)25-37)23-33-20-19-32(28(5)29(33)6)18-14-12-11-13-17-27(4)39/h10,19-20,26,38H,1,7-8,11-18,21-25H2,2-6,9H3/t36-,37?/m0/s1. The summed E-state index contributed by atoms with van der Waals surface area (Å²) < 4.78 is 0. The number of unbranched alkanes of at least 4 members (excludes halogenated alkanes) is 3. The predicted octanol–water partition coefficient (Wildman–Crippen LogP) is 9.70. The van der Waals surface area contributed by atoms with Crippen LogP contribution >= 0.6 is 0 Å². The van der Waals surface area contributed by atoms with Crippen molar-refractivity contribution < 1.29 is 4.79 Å². The summed E-state index contributed by atoms with van der Waals surface area (Å²) in [7, 11) is 0. The first kappa shape index (κ1) is 31.2. The molecule has 2 atom stereocenters. The van der Waals surface area contributed by atoms with Crippen LogP contribution in [0.1, 0.15) is 114 Å². The van der Waals surface area contributed by atoms with Gasteiger partial charge in [-0.05, 0) is 110 Å². The number of hydrogen-bond acceptors (Lipinski definition) is 2. The fraction of sp³-hybridized carbons (Fsp3) is 0.595. The van der Waals surface area contributed by atoms with Gasteiger partial charge in [-0.15, -0.1) is 0 Å². The van der Waals surface area contributed by atoms with Crippen molar-refractivity contribution in [3.05, 3.63) is 82.6 Å². The maximum Gasteiger partial charge on any atom is 0.129 e. The van der Waals surface area contributed by atoms with Crippen LogP contribution in [0.4, 0.5) is 0 Å². The number of ketones is 1. The van der Waals surface area contributed by atoms with E-state index in [9.17, 15) is 4.79 Å². The molecule has 1 saturated carbocycles. The van der Waals surface area contributed by atoms with Gasteiger partial charge in [0.15, 0.2) is 0 Å². The van der Waals surface area contributed by atoms with Gasteiger partial charge in [-0.25, -0.2) is 0 Å². The molecule has 39 heavy (non-hydrogen) atoms. The Morgan fingerprint density at radius 3 is 2.36 bits per heavy atom. The Balaban J connectivity index is 1.86. The van der Waals surface area contributed by atoms with E-state index in [1.54, 1.807) is 6.92 Å². The molecular weight excluding hydrogens is 474 g/mol. The maximum atomic E-state index is 11.2. The second-order valence-corrected chi connectivity index (χ2v) is 13.4. The molecular formula is C37H55NO. The molecule has 2 bridgehead atoms. The molecule has 214 valence electrons. The molecule has 0 spiro atoms. The summed E-state index contributed by atoms with van der Waals surface area (Å²) in [6.45, 7) is 27.8. The van der Waals surface area contributed by atoms with Gasteiger partial charge in [0.1, 0.15) is 5.78 Å². The van der Waals surface area contributed by atoms with Crippen LogP contribution in [0, 0.1) is 30.6 Å². The van der Waals surface area contributed by atoms with Gasteiger partial charge in [-0.3, -0.25) is 0 Å². The average Bonchev–Trinajstić information content (AvgIpc) is 3.03. The minimum atomic E-state index is 0.0466. The first-order valence-corrected chi connectivity index (χ1v) is 15.5. The number of fused-ring (bicyclic) bond motifs is 2. The number of allylic oxidation sites excluding steroid dienone is 3. The number of Topliss-reactive ketones (excluding diaryl/α,β-unsaturated/α-hetero) is 1. The summed E-state index contributed by atoms with van der Waals surface area (Å²) in [5.74, 6) is 0.869. The quantitative estimate of drug-likeness (QED) is 0.243. The van der Waals surface area contributed by atoms with Crippen LogP contribution in [0.2, 0.25) is 0 Å². The second kappa shape index (κ2) is 13.3. The van der Waals surface area contributed by atoms with Crippen molar-refractivity contribution in [2.45, 2.75) is 119 Å². The number of carbonyl (C=O) groups is 1. The molecule has 2 aliphatic carbocycles. The van der Waals surface area contributed by atoms with Gasteiger partial charge in [0.25, 0.3) is 0 Å². The van der Waals surface area contributed by atoms with Crippen molar-refractivity contribution in [1.29, 1.82) is 0 Å². The third-order valence-electron chi connectivity index (χ3n) is 9.72. The van der Waals surface area contributed by atoms with Gasteiger partial charge in [0.05, 0.1) is 0 Å². The molecule has 1 unspecified atom stereocenters. The number of nitrogens with one attached hydrogen (secondary N) is 1. The highest BCUT2D eigenvalue weighted by atomic mass is 16.1. The molecule has 1 N–H and O–H groups in total. The molecule has 1 aromatic carbocycles. The lowest BCUT2D eigenvalue weighted by atomic mass is 9.55. The summed E-state index contributed by atoms with van der Waals surface area (Å²) in [5, 5.41) is 3.64. The van der Waals surface area contributed by atoms with E-state index in [0.717, 1.165) is 50.8 Å². The monoisotopic (exact) mass is 529 g/mol. The Kier molecular flexibility index (Phi) is 10.7. The number of hydrogen-bond donors (Lipinski definition) is 1. The van der Waals surface area contributed by atoms with Gasteiger partial charge in [0.2, 0.25) is 0 Å². The molecule has 3 rings (SSSR count). The third kappa shape index (κ3) is 7.24. The van der Waals surface area contributed by atoms with E-state index in [2.05, 4.69) is 71.3 Å². The van der Waals surface area contributed by atoms with E-state index >= 15 is 0 Å². The van der Waals surface area contributed by atoms with Gasteiger partial charge < -0.3 is 10.1 Å². The first-order chi connectivity index (χ1) is 18.4. The lowest BCUT2D eigenvalue weighted by Crippen LogP contribution is -2.40. The fourth-order valence-corrected chi connectivity index (χ4v) is 7.29. The lowest BCUT2D eigenvalue weighted by Gasteiger charge is -2.49. The summed E-state index contributed by atoms with van der Waals surface area (Å²) >= 11 is 0. The van der Waals surface area contributed by atoms with Crippen molar-refractivity contribution in [1.82, 2.24) is 5.32 Å².